The molecule has 23 heavy (non-hydrogen) atoms. The summed E-state index contributed by atoms with van der Waals surface area (Å²) in [7, 11) is -4.26. The highest BCUT2D eigenvalue weighted by atomic mass is 32.2. The first-order valence-corrected chi connectivity index (χ1v) is 8.25. The van der Waals surface area contributed by atoms with Crippen LogP contribution in [0.25, 0.3) is 0 Å². The lowest BCUT2D eigenvalue weighted by Gasteiger charge is -2.18. The van der Waals surface area contributed by atoms with E-state index in [1.165, 1.54) is 6.07 Å². The molecule has 2 N–H and O–H groups in total. The number of benzene rings is 2. The van der Waals surface area contributed by atoms with Crippen LogP contribution in [0.1, 0.15) is 12.0 Å². The first-order chi connectivity index (χ1) is 10.9. The molecule has 5 nitrogen and oxygen atoms in total. The number of carbonyl (C=O) groups is 1. The highest BCUT2D eigenvalue weighted by Gasteiger charge is 2.22. The van der Waals surface area contributed by atoms with Gasteiger partial charge in [-0.05, 0) is 42.3 Å². The molecule has 0 atom stereocenters. The third kappa shape index (κ3) is 3.02. The van der Waals surface area contributed by atoms with Crippen LogP contribution >= 0.6 is 0 Å². The standard InChI is InChI=1S/C15H12F2N2O3S/c16-11-2-1-3-13(15(11)17)23(21,22)19-10-5-6-12-9(8-10)4-7-14(20)18-12/h1-3,5-6,8,19H,4,7H2,(H,18,20). The molecule has 0 aliphatic carbocycles. The van der Waals surface area contributed by atoms with Crippen LogP contribution in [0.15, 0.2) is 41.3 Å². The highest BCUT2D eigenvalue weighted by molar-refractivity contribution is 7.92. The highest BCUT2D eigenvalue weighted by Crippen LogP contribution is 2.27. The van der Waals surface area contributed by atoms with Crippen molar-refractivity contribution in [3.63, 3.8) is 0 Å². The Morgan fingerprint density at radius 1 is 1.09 bits per heavy atom. The maximum Gasteiger partial charge on any atom is 0.264 e. The van der Waals surface area contributed by atoms with Crippen LogP contribution in [0.2, 0.25) is 0 Å². The van der Waals surface area contributed by atoms with Crippen molar-refractivity contribution in [3.8, 4) is 0 Å². The van der Waals surface area contributed by atoms with Crippen LogP contribution in [-0.4, -0.2) is 14.3 Å². The third-order valence-corrected chi connectivity index (χ3v) is 4.86. The van der Waals surface area contributed by atoms with Gasteiger partial charge in [-0.25, -0.2) is 17.2 Å². The maximum absolute atomic E-state index is 13.7. The Labute approximate surface area is 131 Å². The van der Waals surface area contributed by atoms with E-state index in [1.807, 2.05) is 0 Å². The molecule has 1 amide bonds. The summed E-state index contributed by atoms with van der Waals surface area (Å²) in [6.07, 6.45) is 0.785. The fourth-order valence-electron chi connectivity index (χ4n) is 2.35. The SMILES string of the molecule is O=C1CCc2cc(NS(=O)(=O)c3cccc(F)c3F)ccc2N1. The quantitative estimate of drug-likeness (QED) is 0.903. The molecule has 2 aromatic rings. The summed E-state index contributed by atoms with van der Waals surface area (Å²) in [6.45, 7) is 0. The van der Waals surface area contributed by atoms with Gasteiger partial charge in [-0.15, -0.1) is 0 Å². The number of anilines is 2. The zero-order valence-electron chi connectivity index (χ0n) is 11.8. The van der Waals surface area contributed by atoms with Crippen molar-refractivity contribution in [2.24, 2.45) is 0 Å². The number of aryl methyl sites for hydroxylation is 1. The Kier molecular flexibility index (Phi) is 3.77. The molecule has 1 aliphatic rings. The van der Waals surface area contributed by atoms with E-state index in [9.17, 15) is 22.0 Å². The predicted molar refractivity (Wildman–Crippen MR) is 80.6 cm³/mol. The Hall–Kier alpha value is -2.48. The van der Waals surface area contributed by atoms with Gasteiger partial charge in [-0.2, -0.15) is 0 Å². The van der Waals surface area contributed by atoms with E-state index in [2.05, 4.69) is 10.0 Å². The van der Waals surface area contributed by atoms with E-state index in [0.29, 0.717) is 18.5 Å². The van der Waals surface area contributed by atoms with Crippen molar-refractivity contribution in [1.29, 1.82) is 0 Å². The Balaban J connectivity index is 1.92. The molecule has 0 aromatic heterocycles. The molecular weight excluding hydrogens is 326 g/mol. The molecule has 0 saturated carbocycles. The van der Waals surface area contributed by atoms with Gasteiger partial charge in [0.25, 0.3) is 10.0 Å². The van der Waals surface area contributed by atoms with Gasteiger partial charge in [-0.1, -0.05) is 6.07 Å². The molecule has 0 unspecified atom stereocenters. The van der Waals surface area contributed by atoms with Gasteiger partial charge in [0.1, 0.15) is 4.90 Å². The van der Waals surface area contributed by atoms with Crippen molar-refractivity contribution in [2.45, 2.75) is 17.7 Å². The van der Waals surface area contributed by atoms with Crippen LogP contribution in [0.3, 0.4) is 0 Å². The molecule has 120 valence electrons. The van der Waals surface area contributed by atoms with Gasteiger partial charge < -0.3 is 5.32 Å². The summed E-state index contributed by atoms with van der Waals surface area (Å²) in [5, 5.41) is 2.67. The molecule has 8 heteroatoms. The summed E-state index contributed by atoms with van der Waals surface area (Å²) < 4.78 is 53.5. The minimum Gasteiger partial charge on any atom is -0.326 e. The molecule has 1 heterocycles. The van der Waals surface area contributed by atoms with E-state index < -0.39 is 26.6 Å². The molecule has 0 saturated heterocycles. The number of amides is 1. The zero-order chi connectivity index (χ0) is 16.6. The fraction of sp³-hybridized carbons (Fsp3) is 0.133. The largest absolute Gasteiger partial charge is 0.326 e. The first-order valence-electron chi connectivity index (χ1n) is 6.76. The average Bonchev–Trinajstić information content (AvgIpc) is 2.49. The van der Waals surface area contributed by atoms with Crippen molar-refractivity contribution in [3.05, 3.63) is 53.6 Å². The maximum atomic E-state index is 13.7. The van der Waals surface area contributed by atoms with Gasteiger partial charge in [0.05, 0.1) is 0 Å². The number of hydrogen-bond donors (Lipinski definition) is 2. The second-order valence-electron chi connectivity index (χ2n) is 5.08. The van der Waals surface area contributed by atoms with Gasteiger partial charge in [0.15, 0.2) is 11.6 Å². The van der Waals surface area contributed by atoms with Crippen molar-refractivity contribution >= 4 is 27.3 Å². The van der Waals surface area contributed by atoms with E-state index in [4.69, 9.17) is 0 Å². The van der Waals surface area contributed by atoms with Crippen LogP contribution in [0, 0.1) is 11.6 Å². The molecule has 3 rings (SSSR count). The third-order valence-electron chi connectivity index (χ3n) is 3.46. The smallest absolute Gasteiger partial charge is 0.264 e. The average molecular weight is 338 g/mol. The summed E-state index contributed by atoms with van der Waals surface area (Å²) in [4.78, 5) is 10.5. The van der Waals surface area contributed by atoms with Crippen LogP contribution in [-0.2, 0) is 21.2 Å². The monoisotopic (exact) mass is 338 g/mol. The zero-order valence-corrected chi connectivity index (χ0v) is 12.6. The first kappa shape index (κ1) is 15.4. The number of hydrogen-bond acceptors (Lipinski definition) is 3. The minimum absolute atomic E-state index is 0.104. The summed E-state index contributed by atoms with van der Waals surface area (Å²) in [5.41, 5.74) is 1.59. The number of sulfonamides is 1. The molecule has 2 aromatic carbocycles. The minimum atomic E-state index is -4.26. The summed E-state index contributed by atoms with van der Waals surface area (Å²) in [5.74, 6) is -2.76. The Bertz CT molecular complexity index is 898. The van der Waals surface area contributed by atoms with Crippen molar-refractivity contribution < 1.29 is 22.0 Å². The molecule has 0 bridgehead atoms. The van der Waals surface area contributed by atoms with E-state index in [-0.39, 0.29) is 11.6 Å². The molecule has 1 aliphatic heterocycles. The van der Waals surface area contributed by atoms with Crippen molar-refractivity contribution in [2.75, 3.05) is 10.0 Å². The second kappa shape index (κ2) is 5.62. The Morgan fingerprint density at radius 3 is 2.65 bits per heavy atom. The van der Waals surface area contributed by atoms with Gasteiger partial charge in [0, 0.05) is 17.8 Å². The number of nitrogens with one attached hydrogen (secondary N) is 2. The van der Waals surface area contributed by atoms with Gasteiger partial charge in [0.2, 0.25) is 5.91 Å². The van der Waals surface area contributed by atoms with Crippen molar-refractivity contribution in [1.82, 2.24) is 0 Å². The lowest BCUT2D eigenvalue weighted by molar-refractivity contribution is -0.116. The van der Waals surface area contributed by atoms with E-state index >= 15 is 0 Å². The molecular formula is C15H12F2N2O3S. The summed E-state index contributed by atoms with van der Waals surface area (Å²) in [6, 6.07) is 7.51. The predicted octanol–water partition coefficient (Wildman–Crippen LogP) is 2.65. The fourth-order valence-corrected chi connectivity index (χ4v) is 3.49. The van der Waals surface area contributed by atoms with E-state index in [1.54, 1.807) is 12.1 Å². The molecule has 0 spiro atoms. The van der Waals surface area contributed by atoms with Crippen LogP contribution in [0.4, 0.5) is 20.2 Å². The van der Waals surface area contributed by atoms with Crippen LogP contribution < -0.4 is 10.0 Å². The van der Waals surface area contributed by atoms with Crippen LogP contribution in [0.5, 0.6) is 0 Å². The summed E-state index contributed by atoms with van der Waals surface area (Å²) >= 11 is 0. The Morgan fingerprint density at radius 2 is 1.87 bits per heavy atom. The normalized spacial score (nSPS) is 14.1. The van der Waals surface area contributed by atoms with E-state index in [0.717, 1.165) is 23.8 Å². The lowest BCUT2D eigenvalue weighted by atomic mass is 10.0. The van der Waals surface area contributed by atoms with Gasteiger partial charge >= 0.3 is 0 Å². The molecule has 0 radical (unpaired) electrons. The molecule has 0 fully saturated rings. The number of carbonyl (C=O) groups excluding carboxylic acids is 1. The number of fused-ring (bicyclic) bond motifs is 1. The topological polar surface area (TPSA) is 75.3 Å². The van der Waals surface area contributed by atoms with Gasteiger partial charge in [-0.3, -0.25) is 9.52 Å². The lowest BCUT2D eigenvalue weighted by Crippen LogP contribution is -2.20. The second-order valence-corrected chi connectivity index (χ2v) is 6.73. The number of halogens is 2. The number of rotatable bonds is 3.